The summed E-state index contributed by atoms with van der Waals surface area (Å²) in [5.41, 5.74) is 5.55. The molecule has 0 aromatic heterocycles. The molecule has 3 N–H and O–H groups in total. The molecule has 0 bridgehead atoms. The first-order valence-corrected chi connectivity index (χ1v) is 16.0. The molecule has 1 aliphatic heterocycles. The van der Waals surface area contributed by atoms with E-state index in [-0.39, 0.29) is 35.6 Å². The van der Waals surface area contributed by atoms with Crippen molar-refractivity contribution in [2.75, 3.05) is 19.0 Å². The van der Waals surface area contributed by atoms with Crippen molar-refractivity contribution in [3.63, 3.8) is 0 Å². The fraction of sp³-hybridized carbons (Fsp3) is 0.333. The van der Waals surface area contributed by atoms with E-state index in [1.54, 1.807) is 54.6 Å². The third-order valence-corrected chi connectivity index (χ3v) is 9.49. The number of ether oxygens (including phenoxy) is 2. The van der Waals surface area contributed by atoms with Gasteiger partial charge in [0.25, 0.3) is 5.91 Å². The molecule has 1 saturated carbocycles. The van der Waals surface area contributed by atoms with Gasteiger partial charge in [0, 0.05) is 41.1 Å². The molecule has 11 heteroatoms. The molecule has 5 rings (SSSR count). The SMILES string of the molecule is O=C(NNC1CC1)[C@@]1(CCS(=O)(=O)c2ccccc2)N=C(c2ccc(OCCCO)cc2)O[C@H]1c1ccccc1Br. The van der Waals surface area contributed by atoms with Gasteiger partial charge in [-0.2, -0.15) is 0 Å². The lowest BCUT2D eigenvalue weighted by Gasteiger charge is -2.31. The first-order chi connectivity index (χ1) is 19.8. The minimum absolute atomic E-state index is 0.0406. The number of aliphatic hydroxyl groups is 1. The van der Waals surface area contributed by atoms with Gasteiger partial charge < -0.3 is 14.6 Å². The lowest BCUT2D eigenvalue weighted by atomic mass is 9.85. The third kappa shape index (κ3) is 6.81. The molecule has 1 heterocycles. The van der Waals surface area contributed by atoms with E-state index >= 15 is 0 Å². The molecule has 216 valence electrons. The fourth-order valence-electron chi connectivity index (χ4n) is 4.57. The number of hydrogen-bond acceptors (Lipinski definition) is 8. The number of nitrogens with zero attached hydrogens (tertiary/aromatic N) is 1. The van der Waals surface area contributed by atoms with Crippen LogP contribution >= 0.6 is 15.9 Å². The number of halogens is 1. The monoisotopic (exact) mass is 641 g/mol. The van der Waals surface area contributed by atoms with E-state index < -0.39 is 27.4 Å². The minimum atomic E-state index is -3.72. The van der Waals surface area contributed by atoms with Crippen LogP contribution in [0.25, 0.3) is 0 Å². The quantitative estimate of drug-likeness (QED) is 0.189. The zero-order valence-corrected chi connectivity index (χ0v) is 24.7. The van der Waals surface area contributed by atoms with Gasteiger partial charge in [-0.05, 0) is 55.3 Å². The average molecular weight is 643 g/mol. The number of carbonyl (C=O) groups excluding carboxylic acids is 1. The number of nitrogens with one attached hydrogen (secondary N) is 2. The molecule has 3 aromatic carbocycles. The zero-order valence-electron chi connectivity index (χ0n) is 22.3. The van der Waals surface area contributed by atoms with Crippen molar-refractivity contribution in [2.45, 2.75) is 48.3 Å². The molecule has 2 atom stereocenters. The first-order valence-electron chi connectivity index (χ1n) is 13.5. The van der Waals surface area contributed by atoms with Crippen LogP contribution in [0.5, 0.6) is 5.75 Å². The Kier molecular flexibility index (Phi) is 9.08. The Labute approximate surface area is 248 Å². The molecule has 9 nitrogen and oxygen atoms in total. The Bertz CT molecular complexity index is 1500. The molecule has 0 unspecified atom stereocenters. The highest BCUT2D eigenvalue weighted by Gasteiger charge is 2.54. The van der Waals surface area contributed by atoms with E-state index in [2.05, 4.69) is 26.8 Å². The van der Waals surface area contributed by atoms with Gasteiger partial charge in [0.05, 0.1) is 17.3 Å². The molecule has 1 amide bonds. The summed E-state index contributed by atoms with van der Waals surface area (Å²) in [4.78, 5) is 19.1. The van der Waals surface area contributed by atoms with Gasteiger partial charge in [0.2, 0.25) is 5.90 Å². The summed E-state index contributed by atoms with van der Waals surface area (Å²) in [6.45, 7) is 0.420. The van der Waals surface area contributed by atoms with Gasteiger partial charge in [-0.25, -0.2) is 18.8 Å². The summed E-state index contributed by atoms with van der Waals surface area (Å²) in [7, 11) is -3.72. The van der Waals surface area contributed by atoms with Crippen LogP contribution < -0.4 is 15.6 Å². The van der Waals surface area contributed by atoms with Crippen molar-refractivity contribution in [2.24, 2.45) is 4.99 Å². The van der Waals surface area contributed by atoms with Gasteiger partial charge in [0.1, 0.15) is 5.75 Å². The summed E-state index contributed by atoms with van der Waals surface area (Å²) < 4.78 is 39.5. The van der Waals surface area contributed by atoms with E-state index in [4.69, 9.17) is 19.6 Å². The van der Waals surface area contributed by atoms with Crippen LogP contribution in [0.15, 0.2) is 93.2 Å². The van der Waals surface area contributed by atoms with Gasteiger partial charge in [0.15, 0.2) is 21.5 Å². The molecular formula is C30H32BrN3O6S. The van der Waals surface area contributed by atoms with Gasteiger partial charge >= 0.3 is 0 Å². The Morgan fingerprint density at radius 3 is 2.44 bits per heavy atom. The number of benzene rings is 3. The molecule has 2 aliphatic rings. The summed E-state index contributed by atoms with van der Waals surface area (Å²) in [6, 6.07) is 22.8. The number of aliphatic hydroxyl groups excluding tert-OH is 1. The Morgan fingerprint density at radius 1 is 1.05 bits per heavy atom. The molecule has 0 saturated heterocycles. The Hall–Kier alpha value is -3.25. The number of hydrogen-bond donors (Lipinski definition) is 3. The van der Waals surface area contributed by atoms with Gasteiger partial charge in [-0.1, -0.05) is 52.3 Å². The third-order valence-electron chi connectivity index (χ3n) is 7.04. The second kappa shape index (κ2) is 12.7. The fourth-order valence-corrected chi connectivity index (χ4v) is 6.45. The largest absolute Gasteiger partial charge is 0.494 e. The van der Waals surface area contributed by atoms with E-state index in [0.29, 0.717) is 34.4 Å². The molecule has 41 heavy (non-hydrogen) atoms. The molecule has 0 radical (unpaired) electrons. The lowest BCUT2D eigenvalue weighted by Crippen LogP contribution is -2.54. The van der Waals surface area contributed by atoms with Gasteiger partial charge in [-0.3, -0.25) is 10.2 Å². The predicted molar refractivity (Wildman–Crippen MR) is 158 cm³/mol. The maximum atomic E-state index is 14.0. The van der Waals surface area contributed by atoms with Crippen molar-refractivity contribution in [1.82, 2.24) is 10.9 Å². The first kappa shape index (κ1) is 29.2. The highest BCUT2D eigenvalue weighted by atomic mass is 79.9. The van der Waals surface area contributed by atoms with E-state index in [0.717, 1.165) is 12.8 Å². The molecule has 1 fully saturated rings. The van der Waals surface area contributed by atoms with E-state index in [1.807, 2.05) is 24.3 Å². The van der Waals surface area contributed by atoms with Crippen LogP contribution in [0.3, 0.4) is 0 Å². The number of rotatable bonds is 13. The van der Waals surface area contributed by atoms with Gasteiger partial charge in [-0.15, -0.1) is 0 Å². The van der Waals surface area contributed by atoms with Crippen LogP contribution in [0, 0.1) is 0 Å². The summed E-state index contributed by atoms with van der Waals surface area (Å²) >= 11 is 3.59. The molecule has 1 aliphatic carbocycles. The van der Waals surface area contributed by atoms with Crippen molar-refractivity contribution < 1.29 is 27.8 Å². The van der Waals surface area contributed by atoms with Crippen molar-refractivity contribution in [1.29, 1.82) is 0 Å². The van der Waals surface area contributed by atoms with Crippen LogP contribution in [-0.2, 0) is 19.4 Å². The number of aliphatic imine (C=N–C) groups is 1. The second-order valence-corrected chi connectivity index (χ2v) is 13.0. The number of hydrazine groups is 1. The van der Waals surface area contributed by atoms with E-state index in [1.165, 1.54) is 0 Å². The number of sulfone groups is 1. The second-order valence-electron chi connectivity index (χ2n) is 10.1. The molecular weight excluding hydrogens is 610 g/mol. The summed E-state index contributed by atoms with van der Waals surface area (Å²) in [5, 5.41) is 9.00. The summed E-state index contributed by atoms with van der Waals surface area (Å²) in [5.74, 6) is 0.0699. The van der Waals surface area contributed by atoms with Crippen LogP contribution in [0.1, 0.15) is 42.9 Å². The highest BCUT2D eigenvalue weighted by molar-refractivity contribution is 9.10. The normalized spacial score (nSPS) is 20.2. The Morgan fingerprint density at radius 2 is 1.76 bits per heavy atom. The maximum Gasteiger partial charge on any atom is 0.266 e. The minimum Gasteiger partial charge on any atom is -0.494 e. The highest BCUT2D eigenvalue weighted by Crippen LogP contribution is 2.45. The number of amides is 1. The predicted octanol–water partition coefficient (Wildman–Crippen LogP) is 4.11. The van der Waals surface area contributed by atoms with Crippen LogP contribution in [0.4, 0.5) is 0 Å². The molecule has 3 aromatic rings. The van der Waals surface area contributed by atoms with Crippen molar-refractivity contribution >= 4 is 37.6 Å². The van der Waals surface area contributed by atoms with Crippen molar-refractivity contribution in [3.8, 4) is 5.75 Å². The maximum absolute atomic E-state index is 14.0. The van der Waals surface area contributed by atoms with E-state index in [9.17, 15) is 13.2 Å². The average Bonchev–Trinajstić information content (AvgIpc) is 3.74. The topological polar surface area (TPSA) is 126 Å². The standard InChI is InChI=1S/C30H32BrN3O6S/c31-26-10-5-4-9-25(26)27-30(29(36)34-33-22-13-14-22,17-20-41(37,38)24-7-2-1-3-8-24)32-28(40-27)21-11-15-23(16-12-21)39-19-6-18-35/h1-5,7-12,15-16,22,27,33,35H,6,13-14,17-20H2,(H,34,36)/t27-,30-/m0/s1. The van der Waals surface area contributed by atoms with Crippen LogP contribution in [-0.4, -0.2) is 55.9 Å². The zero-order chi connectivity index (χ0) is 28.9. The lowest BCUT2D eigenvalue weighted by molar-refractivity contribution is -0.130. The van der Waals surface area contributed by atoms with Crippen LogP contribution in [0.2, 0.25) is 0 Å². The number of carbonyl (C=O) groups is 1. The van der Waals surface area contributed by atoms with Crippen molar-refractivity contribution in [3.05, 3.63) is 94.5 Å². The molecule has 0 spiro atoms. The smallest absolute Gasteiger partial charge is 0.266 e. The Balaban J connectivity index is 1.53. The summed E-state index contributed by atoms with van der Waals surface area (Å²) in [6.07, 6.45) is 1.40.